The Labute approximate surface area is 117 Å². The first kappa shape index (κ1) is 14.5. The van der Waals surface area contributed by atoms with E-state index < -0.39 is 14.8 Å². The van der Waals surface area contributed by atoms with Crippen LogP contribution in [-0.4, -0.2) is 51.2 Å². The molecule has 1 aliphatic carbocycles. The van der Waals surface area contributed by atoms with Crippen molar-refractivity contribution in [2.24, 2.45) is 5.92 Å². The predicted molar refractivity (Wildman–Crippen MR) is 75.2 cm³/mol. The monoisotopic (exact) mass is 306 g/mol. The van der Waals surface area contributed by atoms with Gasteiger partial charge in [-0.2, -0.15) is 0 Å². The molecule has 1 aromatic rings. The molecule has 1 N–H and O–H groups in total. The fraction of sp³-hybridized carbons (Fsp3) is 0.800. The SMILES string of the molecule is COC[C@]1(S(=O)(=O)Nc2nnc(N(C)C)s2)C[C@@H]1C. The molecule has 1 fully saturated rings. The van der Waals surface area contributed by atoms with Crippen molar-refractivity contribution in [3.63, 3.8) is 0 Å². The minimum Gasteiger partial charge on any atom is -0.383 e. The van der Waals surface area contributed by atoms with Gasteiger partial charge in [0, 0.05) is 21.2 Å². The van der Waals surface area contributed by atoms with E-state index in [0.29, 0.717) is 16.7 Å². The summed E-state index contributed by atoms with van der Waals surface area (Å²) in [6, 6.07) is 0. The molecule has 0 unspecified atom stereocenters. The lowest BCUT2D eigenvalue weighted by Gasteiger charge is -2.16. The molecular weight excluding hydrogens is 288 g/mol. The van der Waals surface area contributed by atoms with Gasteiger partial charge in [-0.1, -0.05) is 18.3 Å². The lowest BCUT2D eigenvalue weighted by molar-refractivity contribution is 0.188. The van der Waals surface area contributed by atoms with Gasteiger partial charge < -0.3 is 9.64 Å². The molecule has 19 heavy (non-hydrogen) atoms. The normalized spacial score (nSPS) is 26.2. The van der Waals surface area contributed by atoms with Gasteiger partial charge in [0.05, 0.1) is 6.61 Å². The first-order chi connectivity index (χ1) is 8.82. The maximum absolute atomic E-state index is 12.4. The van der Waals surface area contributed by atoms with Crippen LogP contribution in [0.3, 0.4) is 0 Å². The molecule has 0 bridgehead atoms. The Hall–Kier alpha value is -0.930. The van der Waals surface area contributed by atoms with Crippen molar-refractivity contribution in [3.05, 3.63) is 0 Å². The minimum absolute atomic E-state index is 0.0891. The van der Waals surface area contributed by atoms with Gasteiger partial charge in [0.25, 0.3) is 0 Å². The van der Waals surface area contributed by atoms with E-state index in [9.17, 15) is 8.42 Å². The first-order valence-electron chi connectivity index (χ1n) is 5.84. The van der Waals surface area contributed by atoms with E-state index in [1.54, 1.807) is 4.90 Å². The van der Waals surface area contributed by atoms with Gasteiger partial charge in [0.2, 0.25) is 20.3 Å². The number of hydrogen-bond donors (Lipinski definition) is 1. The van der Waals surface area contributed by atoms with Crippen LogP contribution in [-0.2, 0) is 14.8 Å². The molecule has 1 aliphatic rings. The summed E-state index contributed by atoms with van der Waals surface area (Å²) in [6.45, 7) is 2.10. The number of anilines is 2. The summed E-state index contributed by atoms with van der Waals surface area (Å²) in [5.41, 5.74) is 0. The van der Waals surface area contributed by atoms with Crippen molar-refractivity contribution < 1.29 is 13.2 Å². The van der Waals surface area contributed by atoms with Gasteiger partial charge in [0.15, 0.2) is 0 Å². The summed E-state index contributed by atoms with van der Waals surface area (Å²) in [5, 5.41) is 8.69. The molecule has 1 aromatic heterocycles. The molecule has 0 amide bonds. The van der Waals surface area contributed by atoms with Crippen molar-refractivity contribution in [2.75, 3.05) is 37.4 Å². The fourth-order valence-electron chi connectivity index (χ4n) is 2.01. The number of methoxy groups -OCH3 is 1. The predicted octanol–water partition coefficient (Wildman–Crippen LogP) is 0.771. The van der Waals surface area contributed by atoms with Gasteiger partial charge in [-0.25, -0.2) is 8.42 Å². The zero-order valence-electron chi connectivity index (χ0n) is 11.4. The van der Waals surface area contributed by atoms with E-state index in [4.69, 9.17) is 4.74 Å². The van der Waals surface area contributed by atoms with E-state index in [2.05, 4.69) is 14.9 Å². The lowest BCUT2D eigenvalue weighted by Crippen LogP contribution is -2.35. The lowest BCUT2D eigenvalue weighted by atomic mass is 10.3. The summed E-state index contributed by atoms with van der Waals surface area (Å²) in [4.78, 5) is 1.78. The summed E-state index contributed by atoms with van der Waals surface area (Å²) in [5.74, 6) is 0.0891. The quantitative estimate of drug-likeness (QED) is 0.835. The highest BCUT2D eigenvalue weighted by atomic mass is 32.2. The molecule has 2 atom stereocenters. The third kappa shape index (κ3) is 2.54. The van der Waals surface area contributed by atoms with Crippen molar-refractivity contribution in [1.82, 2.24) is 10.2 Å². The molecule has 0 radical (unpaired) electrons. The van der Waals surface area contributed by atoms with Crippen LogP contribution in [0.1, 0.15) is 13.3 Å². The van der Waals surface area contributed by atoms with Crippen LogP contribution < -0.4 is 9.62 Å². The number of nitrogens with one attached hydrogen (secondary N) is 1. The summed E-state index contributed by atoms with van der Waals surface area (Å²) >= 11 is 1.20. The van der Waals surface area contributed by atoms with Gasteiger partial charge in [0.1, 0.15) is 4.75 Å². The number of nitrogens with zero attached hydrogens (tertiary/aromatic N) is 3. The zero-order valence-corrected chi connectivity index (χ0v) is 13.0. The van der Waals surface area contributed by atoms with E-state index >= 15 is 0 Å². The average molecular weight is 306 g/mol. The van der Waals surface area contributed by atoms with Crippen LogP contribution in [0.2, 0.25) is 0 Å². The van der Waals surface area contributed by atoms with Crippen LogP contribution in [0.25, 0.3) is 0 Å². The standard InChI is InChI=1S/C10H18N4O3S2/c1-7-5-10(7,6-17-4)19(15,16)13-8-11-12-9(18-8)14(2)3/h7H,5-6H2,1-4H3,(H,11,13)/t7-,10+/m0/s1. The van der Waals surface area contributed by atoms with E-state index in [1.165, 1.54) is 18.4 Å². The van der Waals surface area contributed by atoms with Gasteiger partial charge in [-0.05, 0) is 12.3 Å². The second kappa shape index (κ2) is 4.88. The molecular formula is C10H18N4O3S2. The van der Waals surface area contributed by atoms with Crippen molar-refractivity contribution in [2.45, 2.75) is 18.1 Å². The number of ether oxygens (including phenoxy) is 1. The second-order valence-corrected chi connectivity index (χ2v) is 7.97. The molecule has 7 nitrogen and oxygen atoms in total. The molecule has 1 heterocycles. The highest BCUT2D eigenvalue weighted by Crippen LogP contribution is 2.50. The van der Waals surface area contributed by atoms with E-state index in [-0.39, 0.29) is 12.5 Å². The highest BCUT2D eigenvalue weighted by Gasteiger charge is 2.61. The molecule has 1 saturated carbocycles. The number of hydrogen-bond acceptors (Lipinski definition) is 7. The van der Waals surface area contributed by atoms with Crippen LogP contribution >= 0.6 is 11.3 Å². The zero-order chi connectivity index (χ0) is 14.3. The van der Waals surface area contributed by atoms with Crippen LogP contribution in [0.15, 0.2) is 0 Å². The Morgan fingerprint density at radius 1 is 1.53 bits per heavy atom. The Bertz CT molecular complexity index is 557. The molecule has 0 spiro atoms. The van der Waals surface area contributed by atoms with E-state index in [1.807, 2.05) is 21.0 Å². The van der Waals surface area contributed by atoms with Gasteiger partial charge >= 0.3 is 0 Å². The van der Waals surface area contributed by atoms with Crippen molar-refractivity contribution in [3.8, 4) is 0 Å². The summed E-state index contributed by atoms with van der Waals surface area (Å²) in [6.07, 6.45) is 0.607. The third-order valence-electron chi connectivity index (χ3n) is 3.33. The van der Waals surface area contributed by atoms with Gasteiger partial charge in [-0.3, -0.25) is 4.72 Å². The Balaban J connectivity index is 2.17. The maximum atomic E-state index is 12.4. The van der Waals surface area contributed by atoms with Crippen LogP contribution in [0, 0.1) is 5.92 Å². The minimum atomic E-state index is -3.51. The molecule has 108 valence electrons. The number of rotatable bonds is 6. The van der Waals surface area contributed by atoms with Crippen molar-refractivity contribution >= 4 is 31.6 Å². The molecule has 0 aliphatic heterocycles. The topological polar surface area (TPSA) is 84.4 Å². The van der Waals surface area contributed by atoms with Crippen LogP contribution in [0.4, 0.5) is 10.3 Å². The maximum Gasteiger partial charge on any atom is 0.242 e. The first-order valence-corrected chi connectivity index (χ1v) is 8.14. The highest BCUT2D eigenvalue weighted by molar-refractivity contribution is 7.94. The Morgan fingerprint density at radius 2 is 2.16 bits per heavy atom. The number of aromatic nitrogens is 2. The molecule has 2 rings (SSSR count). The van der Waals surface area contributed by atoms with Crippen molar-refractivity contribution in [1.29, 1.82) is 0 Å². The smallest absolute Gasteiger partial charge is 0.242 e. The second-order valence-electron chi connectivity index (χ2n) is 4.99. The Morgan fingerprint density at radius 3 is 2.58 bits per heavy atom. The molecule has 0 aromatic carbocycles. The van der Waals surface area contributed by atoms with Crippen LogP contribution in [0.5, 0.6) is 0 Å². The van der Waals surface area contributed by atoms with Gasteiger partial charge in [-0.15, -0.1) is 10.2 Å². The summed E-state index contributed by atoms with van der Waals surface area (Å²) in [7, 11) is 1.66. The molecule has 9 heteroatoms. The Kier molecular flexibility index (Phi) is 3.72. The largest absolute Gasteiger partial charge is 0.383 e. The fourth-order valence-corrected chi connectivity index (χ4v) is 4.77. The third-order valence-corrected chi connectivity index (χ3v) is 6.69. The van der Waals surface area contributed by atoms with E-state index in [0.717, 1.165) is 0 Å². The summed E-state index contributed by atoms with van der Waals surface area (Å²) < 4.78 is 31.5. The molecule has 0 saturated heterocycles. The average Bonchev–Trinajstić information content (AvgIpc) is 2.76. The number of sulfonamides is 1.